The lowest BCUT2D eigenvalue weighted by atomic mass is 10.2. The highest BCUT2D eigenvalue weighted by atomic mass is 32.2. The summed E-state index contributed by atoms with van der Waals surface area (Å²) in [6, 6.07) is 8.65. The van der Waals surface area contributed by atoms with Crippen LogP contribution < -0.4 is 4.72 Å². The first kappa shape index (κ1) is 14.2. The van der Waals surface area contributed by atoms with Crippen LogP contribution in [0.25, 0.3) is 0 Å². The minimum Gasteiger partial charge on any atom is -0.461 e. The molecule has 0 unspecified atom stereocenters. The zero-order chi connectivity index (χ0) is 13.6. The quantitative estimate of drug-likeness (QED) is 0.622. The van der Waals surface area contributed by atoms with Crippen LogP contribution in [-0.2, 0) is 25.3 Å². The number of sulfonamides is 1. The molecule has 0 atom stereocenters. The molecule has 0 saturated heterocycles. The molecule has 0 aliphatic carbocycles. The molecule has 1 rings (SSSR count). The third kappa shape index (κ3) is 4.58. The molecule has 0 spiro atoms. The van der Waals surface area contributed by atoms with Crippen LogP contribution in [0.3, 0.4) is 0 Å². The van der Waals surface area contributed by atoms with E-state index in [-0.39, 0.29) is 18.1 Å². The van der Waals surface area contributed by atoms with Crippen molar-refractivity contribution in [1.29, 1.82) is 0 Å². The Labute approximate surface area is 107 Å². The van der Waals surface area contributed by atoms with E-state index in [4.69, 9.17) is 0 Å². The molecule has 0 radical (unpaired) electrons. The van der Waals surface area contributed by atoms with Gasteiger partial charge < -0.3 is 4.74 Å². The van der Waals surface area contributed by atoms with E-state index in [9.17, 15) is 13.2 Å². The summed E-state index contributed by atoms with van der Waals surface area (Å²) in [5.74, 6) is -0.985. The van der Waals surface area contributed by atoms with E-state index in [0.717, 1.165) is 0 Å². The molecule has 1 N–H and O–H groups in total. The fourth-order valence-electron chi connectivity index (χ4n) is 1.28. The highest BCUT2D eigenvalue weighted by Gasteiger charge is 2.16. The second kappa shape index (κ2) is 6.20. The van der Waals surface area contributed by atoms with Crippen LogP contribution in [0.1, 0.15) is 12.5 Å². The molecule has 0 aliphatic heterocycles. The molecule has 1 aromatic carbocycles. The maximum atomic E-state index is 11.7. The molecule has 0 saturated carbocycles. The normalized spacial score (nSPS) is 10.7. The number of ether oxygens (including phenoxy) is 1. The molecule has 1 aromatic rings. The molecule has 0 bridgehead atoms. The van der Waals surface area contributed by atoms with Gasteiger partial charge in [0.25, 0.3) is 0 Å². The second-order valence-corrected chi connectivity index (χ2v) is 5.27. The SMILES string of the molecule is C=C(NS(=O)(=O)Cc1ccccc1)C(=O)OCC. The lowest BCUT2D eigenvalue weighted by molar-refractivity contribution is -0.138. The number of carbonyl (C=O) groups excluding carboxylic acids is 1. The number of hydrogen-bond donors (Lipinski definition) is 1. The molecule has 6 heteroatoms. The van der Waals surface area contributed by atoms with Crippen LogP contribution in [0.5, 0.6) is 0 Å². The Bertz CT molecular complexity index is 522. The van der Waals surface area contributed by atoms with Crippen LogP contribution in [0, 0.1) is 0 Å². The van der Waals surface area contributed by atoms with E-state index < -0.39 is 16.0 Å². The van der Waals surface area contributed by atoms with E-state index in [1.165, 1.54) is 0 Å². The fraction of sp³-hybridized carbons (Fsp3) is 0.250. The maximum absolute atomic E-state index is 11.7. The van der Waals surface area contributed by atoms with Crippen molar-refractivity contribution in [2.45, 2.75) is 12.7 Å². The highest BCUT2D eigenvalue weighted by Crippen LogP contribution is 2.05. The summed E-state index contributed by atoms with van der Waals surface area (Å²) < 4.78 is 30.2. The third-order valence-corrected chi connectivity index (χ3v) is 3.27. The Hall–Kier alpha value is -1.82. The summed E-state index contributed by atoms with van der Waals surface area (Å²) in [6.45, 7) is 5.13. The minimum absolute atomic E-state index is 0.165. The molecule has 0 heterocycles. The van der Waals surface area contributed by atoms with E-state index in [0.29, 0.717) is 5.56 Å². The number of benzene rings is 1. The predicted molar refractivity (Wildman–Crippen MR) is 68.0 cm³/mol. The van der Waals surface area contributed by atoms with Crippen molar-refractivity contribution in [3.05, 3.63) is 48.2 Å². The Morgan fingerprint density at radius 1 is 1.33 bits per heavy atom. The van der Waals surface area contributed by atoms with Gasteiger partial charge in [-0.1, -0.05) is 36.9 Å². The Morgan fingerprint density at radius 2 is 1.94 bits per heavy atom. The van der Waals surface area contributed by atoms with Gasteiger partial charge in [0.15, 0.2) is 0 Å². The number of nitrogens with one attached hydrogen (secondary N) is 1. The van der Waals surface area contributed by atoms with E-state index >= 15 is 0 Å². The van der Waals surface area contributed by atoms with E-state index in [1.807, 2.05) is 0 Å². The van der Waals surface area contributed by atoms with Crippen LogP contribution in [0.15, 0.2) is 42.6 Å². The van der Waals surface area contributed by atoms with Crippen molar-refractivity contribution in [3.8, 4) is 0 Å². The monoisotopic (exact) mass is 269 g/mol. The summed E-state index contributed by atoms with van der Waals surface area (Å²) in [6.07, 6.45) is 0. The van der Waals surface area contributed by atoms with Gasteiger partial charge in [-0.2, -0.15) is 0 Å². The molecule has 18 heavy (non-hydrogen) atoms. The van der Waals surface area contributed by atoms with Crippen LogP contribution in [0.2, 0.25) is 0 Å². The Balaban J connectivity index is 2.66. The molecule has 98 valence electrons. The number of carbonyl (C=O) groups is 1. The average Bonchev–Trinajstić information content (AvgIpc) is 2.29. The van der Waals surface area contributed by atoms with Gasteiger partial charge in [-0.15, -0.1) is 0 Å². The van der Waals surface area contributed by atoms with Gasteiger partial charge in [-0.25, -0.2) is 13.2 Å². The molecule has 0 aliphatic rings. The smallest absolute Gasteiger partial charge is 0.354 e. The van der Waals surface area contributed by atoms with Gasteiger partial charge in [0.2, 0.25) is 10.0 Å². The molecule has 0 fully saturated rings. The summed E-state index contributed by atoms with van der Waals surface area (Å²) in [5.41, 5.74) is 0.342. The van der Waals surface area contributed by atoms with Crippen molar-refractivity contribution >= 4 is 16.0 Å². The van der Waals surface area contributed by atoms with Gasteiger partial charge in [0, 0.05) is 0 Å². The zero-order valence-electron chi connectivity index (χ0n) is 10.0. The number of hydrogen-bond acceptors (Lipinski definition) is 4. The summed E-state index contributed by atoms with van der Waals surface area (Å²) in [5, 5.41) is 0. The van der Waals surface area contributed by atoms with Crippen molar-refractivity contribution in [1.82, 2.24) is 4.72 Å². The first-order valence-electron chi connectivity index (χ1n) is 5.35. The van der Waals surface area contributed by atoms with Crippen LogP contribution >= 0.6 is 0 Å². The largest absolute Gasteiger partial charge is 0.461 e. The van der Waals surface area contributed by atoms with Gasteiger partial charge in [0.05, 0.1) is 12.4 Å². The molecule has 0 aromatic heterocycles. The third-order valence-electron chi connectivity index (χ3n) is 2.00. The number of rotatable bonds is 6. The predicted octanol–water partition coefficient (Wildman–Crippen LogP) is 1.18. The average molecular weight is 269 g/mol. The van der Waals surface area contributed by atoms with Crippen molar-refractivity contribution in [3.63, 3.8) is 0 Å². The molecular formula is C12H15NO4S. The van der Waals surface area contributed by atoms with E-state index in [1.54, 1.807) is 37.3 Å². The summed E-state index contributed by atoms with van der Waals surface area (Å²) >= 11 is 0. The van der Waals surface area contributed by atoms with Crippen LogP contribution in [0.4, 0.5) is 0 Å². The van der Waals surface area contributed by atoms with Gasteiger partial charge >= 0.3 is 5.97 Å². The van der Waals surface area contributed by atoms with Gasteiger partial charge in [0.1, 0.15) is 5.70 Å². The first-order valence-corrected chi connectivity index (χ1v) is 7.00. The van der Waals surface area contributed by atoms with Crippen LogP contribution in [-0.4, -0.2) is 21.0 Å². The lowest BCUT2D eigenvalue weighted by Crippen LogP contribution is -2.29. The van der Waals surface area contributed by atoms with Gasteiger partial charge in [-0.05, 0) is 12.5 Å². The maximum Gasteiger partial charge on any atom is 0.354 e. The van der Waals surface area contributed by atoms with Crippen molar-refractivity contribution in [2.75, 3.05) is 6.61 Å². The topological polar surface area (TPSA) is 72.5 Å². The fourth-order valence-corrected chi connectivity index (χ4v) is 2.44. The molecule has 0 amide bonds. The van der Waals surface area contributed by atoms with E-state index in [2.05, 4.69) is 16.0 Å². The summed E-state index contributed by atoms with van der Waals surface area (Å²) in [4.78, 5) is 11.2. The highest BCUT2D eigenvalue weighted by molar-refractivity contribution is 7.88. The van der Waals surface area contributed by atoms with Gasteiger partial charge in [-0.3, -0.25) is 4.72 Å². The molecular weight excluding hydrogens is 254 g/mol. The second-order valence-electron chi connectivity index (χ2n) is 3.55. The number of esters is 1. The standard InChI is InChI=1S/C12H15NO4S/c1-3-17-12(14)10(2)13-18(15,16)9-11-7-5-4-6-8-11/h4-8,13H,2-3,9H2,1H3. The Kier molecular flexibility index (Phi) is 4.91. The lowest BCUT2D eigenvalue weighted by Gasteiger charge is -2.09. The minimum atomic E-state index is -3.65. The van der Waals surface area contributed by atoms with Crippen molar-refractivity contribution in [2.24, 2.45) is 0 Å². The van der Waals surface area contributed by atoms with Crippen molar-refractivity contribution < 1.29 is 17.9 Å². The molecule has 5 nitrogen and oxygen atoms in total. The Morgan fingerprint density at radius 3 is 2.50 bits per heavy atom. The summed E-state index contributed by atoms with van der Waals surface area (Å²) in [7, 11) is -3.65. The first-order chi connectivity index (χ1) is 8.44. The zero-order valence-corrected chi connectivity index (χ0v) is 10.9.